The highest BCUT2D eigenvalue weighted by Gasteiger charge is 2.15. The van der Waals surface area contributed by atoms with Crippen LogP contribution in [0.3, 0.4) is 0 Å². The van der Waals surface area contributed by atoms with Crippen molar-refractivity contribution in [2.24, 2.45) is 0 Å². The maximum absolute atomic E-state index is 12.4. The molecule has 108 valence electrons. The van der Waals surface area contributed by atoms with E-state index in [1.165, 1.54) is 0 Å². The molecular formula is C15H19ClN2O2. The van der Waals surface area contributed by atoms with Crippen molar-refractivity contribution in [3.63, 3.8) is 0 Å². The van der Waals surface area contributed by atoms with Crippen LogP contribution in [-0.2, 0) is 6.54 Å². The van der Waals surface area contributed by atoms with Gasteiger partial charge in [0, 0.05) is 18.3 Å². The Kier molecular flexibility index (Phi) is 5.22. The van der Waals surface area contributed by atoms with Crippen molar-refractivity contribution in [2.45, 2.75) is 20.4 Å². The molecule has 5 heteroatoms. The minimum absolute atomic E-state index is 0. The Bertz CT molecular complexity index is 608. The zero-order valence-corrected chi connectivity index (χ0v) is 12.7. The van der Waals surface area contributed by atoms with Gasteiger partial charge in [-0.2, -0.15) is 0 Å². The number of furan rings is 1. The van der Waals surface area contributed by atoms with E-state index >= 15 is 0 Å². The number of nitrogens with zero attached hydrogens (tertiary/aromatic N) is 1. The second-order valence-corrected chi connectivity index (χ2v) is 4.75. The summed E-state index contributed by atoms with van der Waals surface area (Å²) >= 11 is 0. The summed E-state index contributed by atoms with van der Waals surface area (Å²) in [6.07, 6.45) is 0. The number of halogens is 1. The van der Waals surface area contributed by atoms with E-state index in [-0.39, 0.29) is 18.3 Å². The SMILES string of the molecule is Cc1ccc(CN(C)C(=O)c2cc(N)ccc2C)o1.Cl. The molecule has 0 saturated carbocycles. The standard InChI is InChI=1S/C15H18N2O2.ClH/c1-10-4-6-12(16)8-14(10)15(18)17(3)9-13-7-5-11(2)19-13;/h4-8H,9,16H2,1-3H3;1H. The highest BCUT2D eigenvalue weighted by atomic mass is 35.5. The fourth-order valence-corrected chi connectivity index (χ4v) is 1.95. The summed E-state index contributed by atoms with van der Waals surface area (Å²) in [7, 11) is 1.75. The number of hydrogen-bond acceptors (Lipinski definition) is 3. The molecule has 0 aliphatic rings. The number of nitrogens with two attached hydrogens (primary N) is 1. The molecule has 4 nitrogen and oxygen atoms in total. The Hall–Kier alpha value is -1.94. The number of nitrogen functional groups attached to an aromatic ring is 1. The smallest absolute Gasteiger partial charge is 0.254 e. The fourth-order valence-electron chi connectivity index (χ4n) is 1.95. The Balaban J connectivity index is 0.00000200. The van der Waals surface area contributed by atoms with E-state index in [1.807, 2.05) is 32.0 Å². The van der Waals surface area contributed by atoms with E-state index in [9.17, 15) is 4.79 Å². The van der Waals surface area contributed by atoms with Gasteiger partial charge in [-0.3, -0.25) is 4.79 Å². The molecule has 0 bridgehead atoms. The highest BCUT2D eigenvalue weighted by molar-refractivity contribution is 5.96. The first-order valence-corrected chi connectivity index (χ1v) is 6.14. The average molecular weight is 295 g/mol. The molecule has 0 saturated heterocycles. The summed E-state index contributed by atoms with van der Waals surface area (Å²) in [5.74, 6) is 1.56. The molecule has 2 rings (SSSR count). The molecule has 0 aliphatic heterocycles. The lowest BCUT2D eigenvalue weighted by Crippen LogP contribution is -2.26. The first-order chi connectivity index (χ1) is 8.97. The minimum atomic E-state index is -0.0566. The van der Waals surface area contributed by atoms with Gasteiger partial charge in [0.2, 0.25) is 0 Å². The van der Waals surface area contributed by atoms with Gasteiger partial charge in [0.05, 0.1) is 6.54 Å². The van der Waals surface area contributed by atoms with Gasteiger partial charge >= 0.3 is 0 Å². The lowest BCUT2D eigenvalue weighted by Gasteiger charge is -2.17. The summed E-state index contributed by atoms with van der Waals surface area (Å²) in [5.41, 5.74) is 7.87. The summed E-state index contributed by atoms with van der Waals surface area (Å²) in [6, 6.07) is 9.13. The number of carbonyl (C=O) groups is 1. The molecule has 0 spiro atoms. The Morgan fingerprint density at radius 2 is 1.95 bits per heavy atom. The van der Waals surface area contributed by atoms with Crippen LogP contribution in [-0.4, -0.2) is 17.9 Å². The van der Waals surface area contributed by atoms with Crippen molar-refractivity contribution in [3.8, 4) is 0 Å². The van der Waals surface area contributed by atoms with E-state index < -0.39 is 0 Å². The third-order valence-corrected chi connectivity index (χ3v) is 3.03. The molecule has 0 atom stereocenters. The summed E-state index contributed by atoms with van der Waals surface area (Å²) in [5, 5.41) is 0. The number of anilines is 1. The second kappa shape index (κ2) is 6.48. The van der Waals surface area contributed by atoms with Crippen LogP contribution in [0.2, 0.25) is 0 Å². The van der Waals surface area contributed by atoms with E-state index in [1.54, 1.807) is 24.1 Å². The molecule has 1 amide bonds. The molecule has 0 radical (unpaired) electrons. The molecule has 1 aromatic carbocycles. The van der Waals surface area contributed by atoms with Crippen LogP contribution in [0, 0.1) is 13.8 Å². The minimum Gasteiger partial charge on any atom is -0.464 e. The van der Waals surface area contributed by atoms with E-state index in [0.717, 1.165) is 17.1 Å². The maximum atomic E-state index is 12.4. The quantitative estimate of drug-likeness (QED) is 0.885. The zero-order valence-electron chi connectivity index (χ0n) is 11.8. The summed E-state index contributed by atoms with van der Waals surface area (Å²) < 4.78 is 5.48. The van der Waals surface area contributed by atoms with Crippen molar-refractivity contribution in [1.29, 1.82) is 0 Å². The molecule has 2 aromatic rings. The van der Waals surface area contributed by atoms with Crippen molar-refractivity contribution >= 4 is 24.0 Å². The van der Waals surface area contributed by atoms with Crippen molar-refractivity contribution in [2.75, 3.05) is 12.8 Å². The van der Waals surface area contributed by atoms with Crippen LogP contribution in [0.5, 0.6) is 0 Å². The van der Waals surface area contributed by atoms with Crippen molar-refractivity contribution < 1.29 is 9.21 Å². The molecule has 0 aliphatic carbocycles. The number of carbonyl (C=O) groups excluding carboxylic acids is 1. The predicted octanol–water partition coefficient (Wildman–Crippen LogP) is 3.17. The van der Waals surface area contributed by atoms with Gasteiger partial charge in [-0.05, 0) is 43.7 Å². The monoisotopic (exact) mass is 294 g/mol. The average Bonchev–Trinajstić information content (AvgIpc) is 2.77. The second-order valence-electron chi connectivity index (χ2n) is 4.75. The third kappa shape index (κ3) is 3.54. The zero-order chi connectivity index (χ0) is 14.0. The van der Waals surface area contributed by atoms with E-state index in [4.69, 9.17) is 10.2 Å². The number of amides is 1. The predicted molar refractivity (Wildman–Crippen MR) is 82.1 cm³/mol. The fraction of sp³-hybridized carbons (Fsp3) is 0.267. The molecule has 0 fully saturated rings. The first kappa shape index (κ1) is 16.1. The van der Waals surface area contributed by atoms with Crippen LogP contribution < -0.4 is 5.73 Å². The van der Waals surface area contributed by atoms with Crippen molar-refractivity contribution in [3.05, 3.63) is 53.0 Å². The summed E-state index contributed by atoms with van der Waals surface area (Å²) in [6.45, 7) is 4.23. The number of aryl methyl sites for hydroxylation is 2. The topological polar surface area (TPSA) is 59.5 Å². The molecule has 1 aromatic heterocycles. The Morgan fingerprint density at radius 1 is 1.25 bits per heavy atom. The number of benzene rings is 1. The van der Waals surface area contributed by atoms with Gasteiger partial charge in [0.15, 0.2) is 0 Å². The van der Waals surface area contributed by atoms with Crippen LogP contribution in [0.4, 0.5) is 5.69 Å². The van der Waals surface area contributed by atoms with Gasteiger partial charge in [-0.25, -0.2) is 0 Å². The van der Waals surface area contributed by atoms with Crippen LogP contribution in [0.15, 0.2) is 34.7 Å². The molecular weight excluding hydrogens is 276 g/mol. The lowest BCUT2D eigenvalue weighted by molar-refractivity contribution is 0.0774. The van der Waals surface area contributed by atoms with Crippen LogP contribution in [0.25, 0.3) is 0 Å². The molecule has 1 heterocycles. The van der Waals surface area contributed by atoms with Crippen molar-refractivity contribution in [1.82, 2.24) is 4.90 Å². The van der Waals surface area contributed by atoms with Gasteiger partial charge in [-0.1, -0.05) is 6.07 Å². The normalized spacial score (nSPS) is 9.95. The number of rotatable bonds is 3. The Morgan fingerprint density at radius 3 is 2.55 bits per heavy atom. The van der Waals surface area contributed by atoms with E-state index in [2.05, 4.69) is 0 Å². The third-order valence-electron chi connectivity index (χ3n) is 3.03. The maximum Gasteiger partial charge on any atom is 0.254 e. The number of hydrogen-bond donors (Lipinski definition) is 1. The van der Waals surface area contributed by atoms with Crippen LogP contribution in [0.1, 0.15) is 27.4 Å². The molecule has 2 N–H and O–H groups in total. The van der Waals surface area contributed by atoms with Gasteiger partial charge in [-0.15, -0.1) is 12.4 Å². The molecule has 0 unspecified atom stereocenters. The van der Waals surface area contributed by atoms with Crippen LogP contribution >= 0.6 is 12.4 Å². The van der Waals surface area contributed by atoms with Gasteiger partial charge < -0.3 is 15.1 Å². The lowest BCUT2D eigenvalue weighted by atomic mass is 10.1. The van der Waals surface area contributed by atoms with Gasteiger partial charge in [0.1, 0.15) is 11.5 Å². The Labute approximate surface area is 125 Å². The largest absolute Gasteiger partial charge is 0.464 e. The molecule has 20 heavy (non-hydrogen) atoms. The highest BCUT2D eigenvalue weighted by Crippen LogP contribution is 2.16. The first-order valence-electron chi connectivity index (χ1n) is 6.14. The summed E-state index contributed by atoms with van der Waals surface area (Å²) in [4.78, 5) is 14.0. The van der Waals surface area contributed by atoms with Gasteiger partial charge in [0.25, 0.3) is 5.91 Å². The van der Waals surface area contributed by atoms with E-state index in [0.29, 0.717) is 17.8 Å².